The highest BCUT2D eigenvalue weighted by Gasteiger charge is 2.05. The molecule has 3 nitrogen and oxygen atoms in total. The Morgan fingerprint density at radius 3 is 2.60 bits per heavy atom. The Labute approximate surface area is 119 Å². The Bertz CT molecular complexity index is 507. The second-order valence-electron chi connectivity index (χ2n) is 4.01. The zero-order valence-corrected chi connectivity index (χ0v) is 11.9. The Balaban J connectivity index is 4.59. The van der Waals surface area contributed by atoms with E-state index < -0.39 is 11.8 Å². The van der Waals surface area contributed by atoms with Gasteiger partial charge in [-0.2, -0.15) is 4.39 Å². The summed E-state index contributed by atoms with van der Waals surface area (Å²) in [5.74, 6) is -1.55. The van der Waals surface area contributed by atoms with Crippen LogP contribution < -0.4 is 5.32 Å². The monoisotopic (exact) mass is 277 g/mol. The van der Waals surface area contributed by atoms with Gasteiger partial charge in [0.1, 0.15) is 0 Å². The smallest absolute Gasteiger partial charge is 0.333 e. The normalized spacial score (nSPS) is 10.8. The van der Waals surface area contributed by atoms with Crippen LogP contribution in [0.3, 0.4) is 0 Å². The van der Waals surface area contributed by atoms with E-state index in [0.717, 1.165) is 0 Å². The van der Waals surface area contributed by atoms with E-state index in [1.54, 1.807) is 19.1 Å². The van der Waals surface area contributed by atoms with E-state index in [-0.39, 0.29) is 17.6 Å². The fourth-order valence-electron chi connectivity index (χ4n) is 1.21. The van der Waals surface area contributed by atoms with Crippen LogP contribution in [0.1, 0.15) is 26.7 Å². The van der Waals surface area contributed by atoms with Crippen molar-refractivity contribution in [3.05, 3.63) is 66.0 Å². The third-order valence-electron chi connectivity index (χ3n) is 2.34. The number of allylic oxidation sites excluding steroid dienone is 4. The summed E-state index contributed by atoms with van der Waals surface area (Å²) in [7, 11) is 0. The third kappa shape index (κ3) is 7.19. The molecule has 0 aliphatic rings. The number of aliphatic carboxylic acids is 1. The maximum absolute atomic E-state index is 13.5. The molecular weight excluding hydrogens is 257 g/mol. The summed E-state index contributed by atoms with van der Waals surface area (Å²) in [5, 5.41) is 11.6. The number of carboxylic acid groups (broad SMARTS) is 1. The molecule has 0 heterocycles. The standard InChI is InChI=1S/C16H20FNO2/c1-5-7-8-9-15(17)12(3)10-13(4)18-11-14(6-2)16(19)20/h5,7-8,11,18H,3-4,6,10H2,1-2H3,(H,19,20)/b7-5-,14-11+. The van der Waals surface area contributed by atoms with E-state index in [2.05, 4.69) is 24.2 Å². The number of hydrogen-bond donors (Lipinski definition) is 2. The van der Waals surface area contributed by atoms with E-state index in [9.17, 15) is 9.18 Å². The summed E-state index contributed by atoms with van der Waals surface area (Å²) in [4.78, 5) is 10.8. The first-order chi connectivity index (χ1) is 9.42. The lowest BCUT2D eigenvalue weighted by Gasteiger charge is -2.07. The van der Waals surface area contributed by atoms with Crippen molar-refractivity contribution in [1.82, 2.24) is 5.32 Å². The number of nitrogens with one attached hydrogen (secondary N) is 1. The first-order valence-corrected chi connectivity index (χ1v) is 6.20. The van der Waals surface area contributed by atoms with Gasteiger partial charge in [0.05, 0.1) is 5.57 Å². The third-order valence-corrected chi connectivity index (χ3v) is 2.34. The summed E-state index contributed by atoms with van der Waals surface area (Å²) in [5.41, 5.74) is 3.36. The van der Waals surface area contributed by atoms with Crippen LogP contribution in [0.2, 0.25) is 0 Å². The van der Waals surface area contributed by atoms with Crippen LogP contribution >= 0.6 is 0 Å². The van der Waals surface area contributed by atoms with Gasteiger partial charge in [-0.3, -0.25) is 0 Å². The molecule has 0 rings (SSSR count). The molecule has 0 bridgehead atoms. The second-order valence-corrected chi connectivity index (χ2v) is 4.01. The van der Waals surface area contributed by atoms with E-state index >= 15 is 0 Å². The number of rotatable bonds is 8. The van der Waals surface area contributed by atoms with Crippen molar-refractivity contribution in [2.45, 2.75) is 26.7 Å². The molecule has 4 heteroatoms. The molecule has 0 amide bonds. The molecule has 0 radical (unpaired) electrons. The summed E-state index contributed by atoms with van der Waals surface area (Å²) in [6.45, 7) is 10.8. The van der Waals surface area contributed by atoms with Gasteiger partial charge in [-0.15, -0.1) is 0 Å². The molecule has 0 aromatic rings. The summed E-state index contributed by atoms with van der Waals surface area (Å²) in [6.07, 6.45) is 6.79. The van der Waals surface area contributed by atoms with Gasteiger partial charge in [0.25, 0.3) is 0 Å². The number of carboxylic acids is 1. The molecule has 0 aromatic carbocycles. The zero-order valence-electron chi connectivity index (χ0n) is 11.9. The molecule has 2 N–H and O–H groups in total. The maximum atomic E-state index is 13.5. The highest BCUT2D eigenvalue weighted by atomic mass is 19.1. The Hall–Kier alpha value is -2.32. The van der Waals surface area contributed by atoms with Crippen LogP contribution in [0.4, 0.5) is 4.39 Å². The molecule has 0 saturated carbocycles. The van der Waals surface area contributed by atoms with Crippen molar-refractivity contribution in [2.75, 3.05) is 0 Å². The Kier molecular flexibility index (Phi) is 8.48. The molecule has 0 aromatic heterocycles. The average Bonchev–Trinajstić information content (AvgIpc) is 2.39. The minimum atomic E-state index is -0.994. The van der Waals surface area contributed by atoms with E-state index in [1.807, 2.05) is 6.92 Å². The lowest BCUT2D eigenvalue weighted by Crippen LogP contribution is -2.09. The average molecular weight is 277 g/mol. The molecule has 20 heavy (non-hydrogen) atoms. The van der Waals surface area contributed by atoms with Gasteiger partial charge in [-0.1, -0.05) is 38.0 Å². The lowest BCUT2D eigenvalue weighted by molar-refractivity contribution is -0.132. The number of carbonyl (C=O) groups is 1. The van der Waals surface area contributed by atoms with Crippen LogP contribution in [0.5, 0.6) is 0 Å². The SMILES string of the molecule is C=C(CC(=C)C(F)=C=C/C=C\C)N/C=C(\CC)C(=O)O. The van der Waals surface area contributed by atoms with Crippen LogP contribution in [0.25, 0.3) is 0 Å². The Morgan fingerprint density at radius 2 is 2.10 bits per heavy atom. The first-order valence-electron chi connectivity index (χ1n) is 6.20. The largest absolute Gasteiger partial charge is 0.478 e. The van der Waals surface area contributed by atoms with Gasteiger partial charge >= 0.3 is 5.97 Å². The minimum absolute atomic E-state index is 0.176. The first kappa shape index (κ1) is 17.7. The lowest BCUT2D eigenvalue weighted by atomic mass is 10.1. The fraction of sp³-hybridized carbons (Fsp3) is 0.250. The van der Waals surface area contributed by atoms with Crippen LogP contribution in [0.15, 0.2) is 66.0 Å². The maximum Gasteiger partial charge on any atom is 0.333 e. The highest BCUT2D eigenvalue weighted by Crippen LogP contribution is 2.15. The summed E-state index contributed by atoms with van der Waals surface area (Å²) >= 11 is 0. The topological polar surface area (TPSA) is 49.3 Å². The van der Waals surface area contributed by atoms with Crippen molar-refractivity contribution in [3.8, 4) is 0 Å². The molecule has 0 fully saturated rings. The molecule has 0 unspecified atom stereocenters. The predicted molar refractivity (Wildman–Crippen MR) is 79.6 cm³/mol. The molecule has 108 valence electrons. The molecule has 0 aliphatic carbocycles. The van der Waals surface area contributed by atoms with Crippen molar-refractivity contribution in [1.29, 1.82) is 0 Å². The minimum Gasteiger partial charge on any atom is -0.478 e. The van der Waals surface area contributed by atoms with Gasteiger partial charge in [-0.25, -0.2) is 4.79 Å². The van der Waals surface area contributed by atoms with Crippen molar-refractivity contribution >= 4 is 5.97 Å². The molecule has 0 spiro atoms. The summed E-state index contributed by atoms with van der Waals surface area (Å²) < 4.78 is 13.5. The number of hydrogen-bond acceptors (Lipinski definition) is 2. The quantitative estimate of drug-likeness (QED) is 0.400. The molecular formula is C16H20FNO2. The van der Waals surface area contributed by atoms with Crippen LogP contribution in [-0.4, -0.2) is 11.1 Å². The van der Waals surface area contributed by atoms with Crippen molar-refractivity contribution < 1.29 is 14.3 Å². The summed E-state index contributed by atoms with van der Waals surface area (Å²) in [6, 6.07) is 0. The zero-order chi connectivity index (χ0) is 15.5. The van der Waals surface area contributed by atoms with Gasteiger partial charge in [0.2, 0.25) is 0 Å². The van der Waals surface area contributed by atoms with Crippen LogP contribution in [-0.2, 0) is 4.79 Å². The van der Waals surface area contributed by atoms with Gasteiger partial charge < -0.3 is 10.4 Å². The van der Waals surface area contributed by atoms with Crippen molar-refractivity contribution in [3.63, 3.8) is 0 Å². The van der Waals surface area contributed by atoms with E-state index in [4.69, 9.17) is 5.11 Å². The second kappa shape index (κ2) is 9.59. The molecule has 0 aliphatic heterocycles. The van der Waals surface area contributed by atoms with Crippen molar-refractivity contribution in [2.24, 2.45) is 0 Å². The van der Waals surface area contributed by atoms with Gasteiger partial charge in [0, 0.05) is 18.3 Å². The molecule has 0 atom stereocenters. The number of halogens is 1. The molecule has 0 saturated heterocycles. The van der Waals surface area contributed by atoms with Gasteiger partial charge in [0.15, 0.2) is 5.83 Å². The van der Waals surface area contributed by atoms with E-state index in [1.165, 1.54) is 12.3 Å². The highest BCUT2D eigenvalue weighted by molar-refractivity contribution is 5.86. The Morgan fingerprint density at radius 1 is 1.45 bits per heavy atom. The van der Waals surface area contributed by atoms with Crippen LogP contribution in [0, 0.1) is 0 Å². The fourth-order valence-corrected chi connectivity index (χ4v) is 1.21. The van der Waals surface area contributed by atoms with Gasteiger partial charge in [-0.05, 0) is 25.0 Å². The van der Waals surface area contributed by atoms with E-state index in [0.29, 0.717) is 12.1 Å². The predicted octanol–water partition coefficient (Wildman–Crippen LogP) is 4.00.